The number of halogens is 3. The summed E-state index contributed by atoms with van der Waals surface area (Å²) in [6.07, 6.45) is -4.02. The molecule has 0 aromatic rings. The first kappa shape index (κ1) is 14.2. The number of carbonyl (C=O) groups excluding carboxylic acids is 1. The van der Waals surface area contributed by atoms with Gasteiger partial charge >= 0.3 is 6.18 Å². The maximum Gasteiger partial charge on any atom is 0.401 e. The molecule has 17 heavy (non-hydrogen) atoms. The van der Waals surface area contributed by atoms with E-state index in [4.69, 9.17) is 5.73 Å². The predicted molar refractivity (Wildman–Crippen MR) is 57.3 cm³/mol. The molecule has 1 amide bonds. The normalized spacial score (nSPS) is 26.7. The fourth-order valence-electron chi connectivity index (χ4n) is 1.98. The van der Waals surface area contributed by atoms with Crippen LogP contribution in [-0.2, 0) is 4.79 Å². The van der Waals surface area contributed by atoms with E-state index in [1.165, 1.54) is 0 Å². The van der Waals surface area contributed by atoms with Gasteiger partial charge in [0.1, 0.15) is 5.54 Å². The molecule has 1 unspecified atom stereocenters. The monoisotopic (exact) mass is 253 g/mol. The first-order valence-electron chi connectivity index (χ1n) is 5.52. The van der Waals surface area contributed by atoms with Crippen LogP contribution < -0.4 is 11.1 Å². The number of nitrogens with zero attached hydrogens (tertiary/aromatic N) is 1. The number of nitrogens with one attached hydrogen (secondary N) is 1. The van der Waals surface area contributed by atoms with E-state index in [2.05, 4.69) is 5.32 Å². The molecule has 0 aromatic heterocycles. The lowest BCUT2D eigenvalue weighted by atomic mass is 9.97. The number of rotatable bonds is 4. The van der Waals surface area contributed by atoms with E-state index in [1.807, 2.05) is 18.7 Å². The quantitative estimate of drug-likeness (QED) is 0.766. The molecular weight excluding hydrogens is 235 g/mol. The molecule has 1 heterocycles. The zero-order valence-corrected chi connectivity index (χ0v) is 9.97. The van der Waals surface area contributed by atoms with E-state index >= 15 is 0 Å². The van der Waals surface area contributed by atoms with Crippen LogP contribution in [-0.4, -0.2) is 48.2 Å². The third-order valence-corrected chi connectivity index (χ3v) is 3.13. The van der Waals surface area contributed by atoms with Crippen LogP contribution in [0.1, 0.15) is 20.3 Å². The fourth-order valence-corrected chi connectivity index (χ4v) is 1.98. The average Bonchev–Trinajstić information content (AvgIpc) is 2.59. The van der Waals surface area contributed by atoms with Crippen LogP contribution in [0, 0.1) is 0 Å². The molecule has 0 spiro atoms. The Hall–Kier alpha value is -0.820. The molecule has 0 bridgehead atoms. The summed E-state index contributed by atoms with van der Waals surface area (Å²) in [6.45, 7) is 3.48. The molecule has 7 heteroatoms. The minimum atomic E-state index is -4.34. The third-order valence-electron chi connectivity index (χ3n) is 3.13. The van der Waals surface area contributed by atoms with Crippen LogP contribution in [0.2, 0.25) is 0 Å². The van der Waals surface area contributed by atoms with E-state index in [1.54, 1.807) is 0 Å². The van der Waals surface area contributed by atoms with Crippen molar-refractivity contribution in [2.45, 2.75) is 38.0 Å². The van der Waals surface area contributed by atoms with Gasteiger partial charge in [-0.05, 0) is 20.3 Å². The predicted octanol–water partition coefficient (Wildman–Crippen LogP) is 0.477. The van der Waals surface area contributed by atoms with E-state index < -0.39 is 24.2 Å². The molecule has 1 rings (SSSR count). The van der Waals surface area contributed by atoms with Crippen LogP contribution in [0.25, 0.3) is 0 Å². The Kier molecular flexibility index (Phi) is 4.03. The highest BCUT2D eigenvalue weighted by Crippen LogP contribution is 2.24. The zero-order valence-electron chi connectivity index (χ0n) is 9.97. The van der Waals surface area contributed by atoms with Crippen LogP contribution in [0.15, 0.2) is 0 Å². The van der Waals surface area contributed by atoms with Crippen molar-refractivity contribution in [2.24, 2.45) is 5.73 Å². The van der Waals surface area contributed by atoms with Crippen molar-refractivity contribution in [1.82, 2.24) is 10.2 Å². The smallest absolute Gasteiger partial charge is 0.368 e. The van der Waals surface area contributed by atoms with Gasteiger partial charge in [-0.1, -0.05) is 0 Å². The van der Waals surface area contributed by atoms with Crippen molar-refractivity contribution < 1.29 is 18.0 Å². The Morgan fingerprint density at radius 2 is 2.12 bits per heavy atom. The van der Waals surface area contributed by atoms with Crippen LogP contribution in [0.3, 0.4) is 0 Å². The van der Waals surface area contributed by atoms with Crippen molar-refractivity contribution in [3.63, 3.8) is 0 Å². The Morgan fingerprint density at radius 1 is 1.53 bits per heavy atom. The van der Waals surface area contributed by atoms with E-state index in [-0.39, 0.29) is 12.6 Å². The first-order valence-corrected chi connectivity index (χ1v) is 5.52. The number of hydrogen-bond acceptors (Lipinski definition) is 3. The second-order valence-electron chi connectivity index (χ2n) is 4.73. The number of likely N-dealkylation sites (tertiary alicyclic amines) is 1. The summed E-state index contributed by atoms with van der Waals surface area (Å²) < 4.78 is 36.5. The molecule has 1 aliphatic rings. The van der Waals surface area contributed by atoms with Crippen LogP contribution in [0.5, 0.6) is 0 Å². The molecule has 1 saturated heterocycles. The molecule has 1 atom stereocenters. The summed E-state index contributed by atoms with van der Waals surface area (Å²) in [7, 11) is 0. The summed E-state index contributed by atoms with van der Waals surface area (Å²) in [4.78, 5) is 13.3. The highest BCUT2D eigenvalue weighted by molar-refractivity contribution is 5.85. The minimum Gasteiger partial charge on any atom is -0.368 e. The minimum absolute atomic E-state index is 0.184. The van der Waals surface area contributed by atoms with Gasteiger partial charge in [0.25, 0.3) is 0 Å². The van der Waals surface area contributed by atoms with E-state index in [0.29, 0.717) is 13.0 Å². The van der Waals surface area contributed by atoms with Gasteiger partial charge in [-0.25, -0.2) is 0 Å². The Balaban J connectivity index is 2.70. The summed E-state index contributed by atoms with van der Waals surface area (Å²) in [5, 5.41) is 2.28. The number of hydrogen-bond donors (Lipinski definition) is 2. The standard InChI is InChI=1S/C10H18F3N3O/c1-7(2)16-4-3-9(6-16,8(14)17)15-5-10(11,12)13/h7,15H,3-6H2,1-2H3,(H2,14,17). The summed E-state index contributed by atoms with van der Waals surface area (Å²) >= 11 is 0. The van der Waals surface area contributed by atoms with Gasteiger partial charge in [0.05, 0.1) is 6.54 Å². The number of carbonyl (C=O) groups is 1. The Bertz CT molecular complexity index is 293. The van der Waals surface area contributed by atoms with Crippen molar-refractivity contribution in [3.8, 4) is 0 Å². The van der Waals surface area contributed by atoms with Crippen molar-refractivity contribution in [1.29, 1.82) is 0 Å². The highest BCUT2D eigenvalue weighted by Gasteiger charge is 2.45. The van der Waals surface area contributed by atoms with E-state index in [0.717, 1.165) is 0 Å². The topological polar surface area (TPSA) is 58.4 Å². The number of alkyl halides is 3. The van der Waals surface area contributed by atoms with Gasteiger partial charge in [0.15, 0.2) is 0 Å². The second kappa shape index (κ2) is 4.81. The van der Waals surface area contributed by atoms with Gasteiger partial charge in [-0.2, -0.15) is 13.2 Å². The summed E-state index contributed by atoms with van der Waals surface area (Å²) in [5.41, 5.74) is 3.98. The number of nitrogens with two attached hydrogens (primary N) is 1. The third kappa shape index (κ3) is 3.57. The number of amides is 1. The molecule has 100 valence electrons. The van der Waals surface area contributed by atoms with Crippen LogP contribution in [0.4, 0.5) is 13.2 Å². The second-order valence-corrected chi connectivity index (χ2v) is 4.73. The Labute approximate surface area is 98.3 Å². The van der Waals surface area contributed by atoms with Crippen molar-refractivity contribution >= 4 is 5.91 Å². The molecule has 0 radical (unpaired) electrons. The lowest BCUT2D eigenvalue weighted by Gasteiger charge is -2.29. The molecular formula is C10H18F3N3O. The summed E-state index contributed by atoms with van der Waals surface area (Å²) in [6, 6.07) is 0.184. The molecule has 0 aromatic carbocycles. The Morgan fingerprint density at radius 3 is 2.47 bits per heavy atom. The lowest BCUT2D eigenvalue weighted by molar-refractivity contribution is -0.135. The molecule has 4 nitrogen and oxygen atoms in total. The van der Waals surface area contributed by atoms with Crippen molar-refractivity contribution in [2.75, 3.05) is 19.6 Å². The molecule has 1 aliphatic heterocycles. The molecule has 0 saturated carbocycles. The SMILES string of the molecule is CC(C)N1CCC(NCC(F)(F)F)(C(N)=O)C1. The largest absolute Gasteiger partial charge is 0.401 e. The zero-order chi connectivity index (χ0) is 13.3. The molecule has 1 fully saturated rings. The van der Waals surface area contributed by atoms with Gasteiger partial charge in [-0.3, -0.25) is 15.0 Å². The number of primary amides is 1. The average molecular weight is 253 g/mol. The lowest BCUT2D eigenvalue weighted by Crippen LogP contribution is -2.59. The van der Waals surface area contributed by atoms with Crippen LogP contribution >= 0.6 is 0 Å². The maximum absolute atomic E-state index is 12.2. The van der Waals surface area contributed by atoms with Gasteiger partial charge in [-0.15, -0.1) is 0 Å². The van der Waals surface area contributed by atoms with Gasteiger partial charge in [0.2, 0.25) is 5.91 Å². The van der Waals surface area contributed by atoms with Crippen molar-refractivity contribution in [3.05, 3.63) is 0 Å². The maximum atomic E-state index is 12.2. The fraction of sp³-hybridized carbons (Fsp3) is 0.900. The summed E-state index contributed by atoms with van der Waals surface area (Å²) in [5.74, 6) is -0.718. The van der Waals surface area contributed by atoms with Gasteiger partial charge in [0, 0.05) is 19.1 Å². The highest BCUT2D eigenvalue weighted by atomic mass is 19.4. The van der Waals surface area contributed by atoms with E-state index in [9.17, 15) is 18.0 Å². The first-order chi connectivity index (χ1) is 7.66. The van der Waals surface area contributed by atoms with Gasteiger partial charge < -0.3 is 5.73 Å². The molecule has 3 N–H and O–H groups in total. The molecule has 0 aliphatic carbocycles.